The van der Waals surface area contributed by atoms with Gasteiger partial charge in [0.15, 0.2) is 6.61 Å². The predicted molar refractivity (Wildman–Crippen MR) is 69.9 cm³/mol. The van der Waals surface area contributed by atoms with E-state index in [1.54, 1.807) is 30.5 Å². The number of pyridine rings is 1. The van der Waals surface area contributed by atoms with Crippen LogP contribution in [0.1, 0.15) is 23.0 Å². The first-order chi connectivity index (χ1) is 9.20. The van der Waals surface area contributed by atoms with Crippen LogP contribution in [0.5, 0.6) is 5.75 Å². The highest BCUT2D eigenvalue weighted by Gasteiger charge is 2.22. The number of hydrogen-bond acceptors (Lipinski definition) is 3. The highest BCUT2D eigenvalue weighted by atomic mass is 16.7. The fourth-order valence-electron chi connectivity index (χ4n) is 1.68. The topological polar surface area (TPSA) is 39.4 Å². The number of ether oxygens (including phenoxy) is 1. The molecule has 2 aromatic rings. The number of rotatable bonds is 4. The summed E-state index contributed by atoms with van der Waals surface area (Å²) in [6.45, 7) is 4.27. The quantitative estimate of drug-likeness (QED) is 0.478. The van der Waals surface area contributed by atoms with Gasteiger partial charge < -0.3 is 4.74 Å². The summed E-state index contributed by atoms with van der Waals surface area (Å²) in [5.74, 6) is 0.0801. The van der Waals surface area contributed by atoms with Gasteiger partial charge in [-0.2, -0.15) is 0 Å². The molecule has 4 heteroatoms. The maximum atomic E-state index is 12.1. The Kier molecular flexibility index (Phi) is 4.13. The second kappa shape index (κ2) is 6.00. The second-order valence-corrected chi connectivity index (χ2v) is 4.04. The normalized spacial score (nSPS) is 10.0. The van der Waals surface area contributed by atoms with Gasteiger partial charge in [-0.1, -0.05) is 12.1 Å². The molecule has 0 bridgehead atoms. The number of nitrogens with zero attached hydrogens (tertiary/aromatic N) is 1. The van der Waals surface area contributed by atoms with E-state index in [2.05, 4.69) is 0 Å². The Morgan fingerprint density at radius 3 is 2.79 bits per heavy atom. The van der Waals surface area contributed by atoms with Gasteiger partial charge in [-0.05, 0) is 37.6 Å². The number of benzene rings is 1. The lowest BCUT2D eigenvalue weighted by Gasteiger charge is -2.04. The molecule has 0 N–H and O–H groups in total. The van der Waals surface area contributed by atoms with Gasteiger partial charge in [0.05, 0.1) is 0 Å². The number of aryl methyl sites for hydroxylation is 1. The largest absolute Gasteiger partial charge is 0.418 e. The van der Waals surface area contributed by atoms with Crippen molar-refractivity contribution in [1.29, 1.82) is 0 Å². The first-order valence-corrected chi connectivity index (χ1v) is 6.13. The van der Waals surface area contributed by atoms with E-state index in [0.29, 0.717) is 18.1 Å². The average Bonchev–Trinajstić information content (AvgIpc) is 2.39. The van der Waals surface area contributed by atoms with Crippen molar-refractivity contribution in [2.45, 2.75) is 13.8 Å². The Morgan fingerprint density at radius 1 is 1.21 bits per heavy atom. The molecule has 0 spiro atoms. The van der Waals surface area contributed by atoms with Gasteiger partial charge in [-0.15, -0.1) is 0 Å². The van der Waals surface area contributed by atoms with Crippen molar-refractivity contribution in [2.24, 2.45) is 0 Å². The van der Waals surface area contributed by atoms with Crippen molar-refractivity contribution < 1.29 is 19.1 Å². The van der Waals surface area contributed by atoms with Crippen LogP contribution in [0.2, 0.25) is 0 Å². The van der Waals surface area contributed by atoms with Crippen molar-refractivity contribution in [3.8, 4) is 5.75 Å². The lowest BCUT2D eigenvalue weighted by atomic mass is 10.2. The second-order valence-electron chi connectivity index (χ2n) is 4.04. The van der Waals surface area contributed by atoms with E-state index in [1.807, 2.05) is 32.0 Å². The van der Waals surface area contributed by atoms with Crippen molar-refractivity contribution in [3.05, 3.63) is 59.9 Å². The molecule has 0 amide bonds. The minimum Gasteiger partial charge on any atom is -0.418 e. The van der Waals surface area contributed by atoms with Crippen molar-refractivity contribution in [3.63, 3.8) is 0 Å². The number of esters is 1. The maximum absolute atomic E-state index is 12.1. The standard InChI is InChI=1S/C15H16NO3/c1-3-18-16-10-5-4-9-14(16)15(17)19-13-8-6-7-12(2)11-13/h4-11H,3H2,1-2H3/q+1. The Bertz CT molecular complexity index is 581. The van der Waals surface area contributed by atoms with Gasteiger partial charge in [-0.3, -0.25) is 4.84 Å². The van der Waals surface area contributed by atoms with Crippen LogP contribution in [0.25, 0.3) is 0 Å². The summed E-state index contributed by atoms with van der Waals surface area (Å²) in [7, 11) is 0. The molecule has 0 aliphatic heterocycles. The summed E-state index contributed by atoms with van der Waals surface area (Å²) in [4.78, 5) is 17.4. The third-order valence-corrected chi connectivity index (χ3v) is 2.50. The van der Waals surface area contributed by atoms with Gasteiger partial charge in [0.1, 0.15) is 5.75 Å². The number of hydrogen-bond donors (Lipinski definition) is 0. The van der Waals surface area contributed by atoms with Crippen LogP contribution in [0.15, 0.2) is 48.7 Å². The molecular formula is C15H16NO3+. The van der Waals surface area contributed by atoms with Crippen LogP contribution >= 0.6 is 0 Å². The first-order valence-electron chi connectivity index (χ1n) is 6.13. The molecule has 0 unspecified atom stereocenters. The van der Waals surface area contributed by atoms with Crippen molar-refractivity contribution >= 4 is 5.97 Å². The zero-order valence-corrected chi connectivity index (χ0v) is 11.0. The van der Waals surface area contributed by atoms with Gasteiger partial charge in [0.25, 0.3) is 0 Å². The predicted octanol–water partition coefficient (Wildman–Crippen LogP) is 1.95. The minimum absolute atomic E-state index is 0.353. The van der Waals surface area contributed by atoms with E-state index in [4.69, 9.17) is 9.57 Å². The van der Waals surface area contributed by atoms with Gasteiger partial charge in [0.2, 0.25) is 6.20 Å². The zero-order chi connectivity index (χ0) is 13.7. The summed E-state index contributed by atoms with van der Waals surface area (Å²) in [5, 5.41) is 0. The molecule has 0 radical (unpaired) electrons. The van der Waals surface area contributed by atoms with Gasteiger partial charge >= 0.3 is 11.7 Å². The molecule has 19 heavy (non-hydrogen) atoms. The van der Waals surface area contributed by atoms with Crippen molar-refractivity contribution in [1.82, 2.24) is 0 Å². The molecule has 0 aliphatic rings. The Hall–Kier alpha value is -2.36. The maximum Gasteiger partial charge on any atom is 0.414 e. The van der Waals surface area contributed by atoms with Crippen molar-refractivity contribution in [2.75, 3.05) is 6.61 Å². The molecule has 0 atom stereocenters. The molecule has 0 aliphatic carbocycles. The fraction of sp³-hybridized carbons (Fsp3) is 0.200. The molecule has 98 valence electrons. The van der Waals surface area contributed by atoms with Crippen LogP contribution in [-0.4, -0.2) is 12.6 Å². The highest BCUT2D eigenvalue weighted by molar-refractivity contribution is 5.87. The summed E-state index contributed by atoms with van der Waals surface area (Å²) < 4.78 is 6.74. The van der Waals surface area contributed by atoms with Gasteiger partial charge in [0, 0.05) is 16.9 Å². The molecule has 1 heterocycles. The molecule has 0 fully saturated rings. The summed E-state index contributed by atoms with van der Waals surface area (Å²) in [6.07, 6.45) is 1.68. The van der Waals surface area contributed by atoms with Crippen LogP contribution in [0.3, 0.4) is 0 Å². The number of aromatic nitrogens is 1. The van der Waals surface area contributed by atoms with Crippen LogP contribution < -0.4 is 14.3 Å². The van der Waals surface area contributed by atoms with Gasteiger partial charge in [-0.25, -0.2) is 4.79 Å². The molecule has 2 rings (SSSR count). The zero-order valence-electron chi connectivity index (χ0n) is 11.0. The SMILES string of the molecule is CCO[n+]1ccccc1C(=O)Oc1cccc(C)c1. The lowest BCUT2D eigenvalue weighted by Crippen LogP contribution is -2.48. The smallest absolute Gasteiger partial charge is 0.414 e. The molecular weight excluding hydrogens is 242 g/mol. The van der Waals surface area contributed by atoms with E-state index >= 15 is 0 Å². The molecule has 0 saturated heterocycles. The van der Waals surface area contributed by atoms with E-state index < -0.39 is 5.97 Å². The number of carbonyl (C=O) groups is 1. The molecule has 0 saturated carbocycles. The van der Waals surface area contributed by atoms with E-state index in [1.165, 1.54) is 4.73 Å². The Balaban J connectivity index is 2.20. The Labute approximate surface area is 112 Å². The minimum atomic E-state index is -0.445. The monoisotopic (exact) mass is 258 g/mol. The van der Waals surface area contributed by atoms with Crippen LogP contribution in [0.4, 0.5) is 0 Å². The van der Waals surface area contributed by atoms with E-state index in [-0.39, 0.29) is 0 Å². The Morgan fingerprint density at radius 2 is 2.05 bits per heavy atom. The average molecular weight is 258 g/mol. The summed E-state index contributed by atoms with van der Waals surface area (Å²) in [6, 6.07) is 12.6. The highest BCUT2D eigenvalue weighted by Crippen LogP contribution is 2.13. The molecule has 4 nitrogen and oxygen atoms in total. The van der Waals surface area contributed by atoms with E-state index in [0.717, 1.165) is 5.56 Å². The summed E-state index contributed by atoms with van der Waals surface area (Å²) >= 11 is 0. The third-order valence-electron chi connectivity index (χ3n) is 2.50. The van der Waals surface area contributed by atoms with E-state index in [9.17, 15) is 4.79 Å². The molecule has 1 aromatic heterocycles. The summed E-state index contributed by atoms with van der Waals surface area (Å²) in [5.41, 5.74) is 1.39. The first kappa shape index (κ1) is 13.1. The van der Waals surface area contributed by atoms with Crippen LogP contribution in [-0.2, 0) is 0 Å². The lowest BCUT2D eigenvalue weighted by molar-refractivity contribution is -0.892. The third kappa shape index (κ3) is 3.31. The van der Waals surface area contributed by atoms with Crippen LogP contribution in [0, 0.1) is 6.92 Å². The fourth-order valence-corrected chi connectivity index (χ4v) is 1.68. The number of carbonyl (C=O) groups excluding carboxylic acids is 1. The molecule has 1 aromatic carbocycles.